The summed E-state index contributed by atoms with van der Waals surface area (Å²) in [5.41, 5.74) is 0. The van der Waals surface area contributed by atoms with Gasteiger partial charge in [0.1, 0.15) is 12.6 Å². The van der Waals surface area contributed by atoms with Gasteiger partial charge in [0.15, 0.2) is 0 Å². The molecule has 6 nitrogen and oxygen atoms in total. The number of hydrogen-bond acceptors (Lipinski definition) is 4. The number of carboxylic acid groups (broad SMARTS) is 1. The van der Waals surface area contributed by atoms with Gasteiger partial charge in [0.25, 0.3) is 0 Å². The average Bonchev–Trinajstić information content (AvgIpc) is 3.02. The minimum atomic E-state index is -1.03. The summed E-state index contributed by atoms with van der Waals surface area (Å²) in [5, 5.41) is 11.0. The number of ether oxygens (including phenoxy) is 1. The minimum Gasteiger partial charge on any atom is -0.480 e. The van der Waals surface area contributed by atoms with E-state index in [4.69, 9.17) is 9.84 Å². The lowest BCUT2D eigenvalue weighted by molar-refractivity contribution is -0.147. The first-order chi connectivity index (χ1) is 22.0. The summed E-state index contributed by atoms with van der Waals surface area (Å²) in [6.07, 6.45) is 41.3. The Balaban J connectivity index is 4.17. The van der Waals surface area contributed by atoms with Gasteiger partial charge in [0.05, 0.1) is 0 Å². The number of carbonyl (C=O) groups is 3. The van der Waals surface area contributed by atoms with Crippen molar-refractivity contribution < 1.29 is 24.2 Å². The summed E-state index contributed by atoms with van der Waals surface area (Å²) < 4.78 is 5.87. The number of nitrogens with one attached hydrogen (secondary N) is 1. The fourth-order valence-electron chi connectivity index (χ4n) is 5.22. The summed E-state index contributed by atoms with van der Waals surface area (Å²) >= 11 is 0. The van der Waals surface area contributed by atoms with E-state index in [2.05, 4.69) is 55.6 Å². The van der Waals surface area contributed by atoms with Crippen molar-refractivity contribution in [2.45, 2.75) is 187 Å². The maximum Gasteiger partial charge on any atom is 0.322 e. The Kier molecular flexibility index (Phi) is 32.7. The molecule has 0 rings (SSSR count). The molecule has 0 saturated heterocycles. The van der Waals surface area contributed by atoms with Crippen molar-refractivity contribution in [3.8, 4) is 0 Å². The summed E-state index contributed by atoms with van der Waals surface area (Å²) in [7, 11) is 0. The highest BCUT2D eigenvalue weighted by Crippen LogP contribution is 2.15. The lowest BCUT2D eigenvalue weighted by Crippen LogP contribution is -2.28. The Morgan fingerprint density at radius 2 is 1.09 bits per heavy atom. The fraction of sp³-hybridized carbons (Fsp3) is 0.769. The summed E-state index contributed by atoms with van der Waals surface area (Å²) in [6, 6.07) is 0. The number of amides is 1. The van der Waals surface area contributed by atoms with Crippen LogP contribution in [-0.2, 0) is 19.1 Å². The standard InChI is InChI=1S/C39H69NO5/c1-3-5-7-9-11-13-14-15-16-17-18-19-20-22-24-30-34-39(44)45-36(31-27-23-21-12-10-8-6-4-2)32-28-25-26-29-33-37(41)40-35-38(42)43/h13-14,16-17,27,31,36H,3-12,15,18-26,28-30,32-35H2,1-2H3,(H,40,41)(H,42,43)/b14-13-,17-16-,31-27-. The van der Waals surface area contributed by atoms with E-state index in [9.17, 15) is 14.4 Å². The summed E-state index contributed by atoms with van der Waals surface area (Å²) in [5.74, 6) is -1.34. The number of allylic oxidation sites excluding steroid dienone is 5. The zero-order chi connectivity index (χ0) is 33.1. The lowest BCUT2D eigenvalue weighted by atomic mass is 10.1. The molecule has 6 heteroatoms. The first-order valence-corrected chi connectivity index (χ1v) is 18.6. The molecule has 0 heterocycles. The van der Waals surface area contributed by atoms with Crippen molar-refractivity contribution in [3.05, 3.63) is 36.5 Å². The Bertz CT molecular complexity index is 788. The van der Waals surface area contributed by atoms with Crippen molar-refractivity contribution >= 4 is 17.8 Å². The minimum absolute atomic E-state index is 0.0966. The van der Waals surface area contributed by atoms with Gasteiger partial charge < -0.3 is 15.2 Å². The van der Waals surface area contributed by atoms with Crippen LogP contribution < -0.4 is 5.32 Å². The number of carbonyl (C=O) groups excluding carboxylic acids is 2. The number of carboxylic acids is 1. The molecule has 0 aliphatic heterocycles. The van der Waals surface area contributed by atoms with Crippen molar-refractivity contribution in [3.63, 3.8) is 0 Å². The number of esters is 1. The zero-order valence-electron chi connectivity index (χ0n) is 29.2. The van der Waals surface area contributed by atoms with E-state index in [0.29, 0.717) is 12.8 Å². The highest BCUT2D eigenvalue weighted by Gasteiger charge is 2.12. The normalized spacial score (nSPS) is 12.4. The van der Waals surface area contributed by atoms with Crippen molar-refractivity contribution in [1.82, 2.24) is 5.32 Å². The Morgan fingerprint density at radius 1 is 0.600 bits per heavy atom. The second-order valence-corrected chi connectivity index (χ2v) is 12.5. The topological polar surface area (TPSA) is 92.7 Å². The van der Waals surface area contributed by atoms with Gasteiger partial charge in [-0.05, 0) is 76.7 Å². The quantitative estimate of drug-likeness (QED) is 0.0427. The second-order valence-electron chi connectivity index (χ2n) is 12.5. The van der Waals surface area contributed by atoms with Crippen LogP contribution in [0.2, 0.25) is 0 Å². The van der Waals surface area contributed by atoms with Crippen LogP contribution in [0, 0.1) is 0 Å². The van der Waals surface area contributed by atoms with E-state index in [1.807, 2.05) is 0 Å². The van der Waals surface area contributed by atoms with Crippen LogP contribution in [0.1, 0.15) is 181 Å². The number of unbranched alkanes of at least 4 members (excludes halogenated alkanes) is 18. The SMILES string of the molecule is CCCCCC/C=C\C/C=C\CCCCCCCC(=O)OC(/C=C\CCCCCCCC)CCCCCCC(=O)NCC(=O)O. The molecular formula is C39H69NO5. The van der Waals surface area contributed by atoms with Crippen LogP contribution in [-0.4, -0.2) is 35.6 Å². The van der Waals surface area contributed by atoms with E-state index in [1.165, 1.54) is 83.5 Å². The highest BCUT2D eigenvalue weighted by molar-refractivity contribution is 5.80. The number of rotatable bonds is 33. The second kappa shape index (κ2) is 34.5. The summed E-state index contributed by atoms with van der Waals surface area (Å²) in [6.45, 7) is 4.16. The van der Waals surface area contributed by atoms with Crippen LogP contribution in [0.4, 0.5) is 0 Å². The van der Waals surface area contributed by atoms with E-state index < -0.39 is 5.97 Å². The molecule has 0 aromatic heterocycles. The first kappa shape index (κ1) is 42.6. The zero-order valence-corrected chi connectivity index (χ0v) is 29.2. The van der Waals surface area contributed by atoms with Crippen LogP contribution in [0.15, 0.2) is 36.5 Å². The van der Waals surface area contributed by atoms with Gasteiger partial charge in [-0.2, -0.15) is 0 Å². The van der Waals surface area contributed by atoms with Crippen LogP contribution in [0.25, 0.3) is 0 Å². The van der Waals surface area contributed by atoms with Crippen LogP contribution >= 0.6 is 0 Å². The molecule has 0 radical (unpaired) electrons. The predicted molar refractivity (Wildman–Crippen MR) is 189 cm³/mol. The molecule has 0 saturated carbocycles. The molecule has 1 unspecified atom stereocenters. The number of aliphatic carboxylic acids is 1. The van der Waals surface area contributed by atoms with Gasteiger partial charge in [-0.25, -0.2) is 0 Å². The van der Waals surface area contributed by atoms with Gasteiger partial charge in [0, 0.05) is 12.8 Å². The summed E-state index contributed by atoms with van der Waals surface area (Å²) in [4.78, 5) is 34.8. The van der Waals surface area contributed by atoms with Crippen molar-refractivity contribution in [2.75, 3.05) is 6.54 Å². The average molecular weight is 632 g/mol. The molecule has 2 N–H and O–H groups in total. The molecule has 0 aromatic rings. The van der Waals surface area contributed by atoms with Crippen LogP contribution in [0.3, 0.4) is 0 Å². The van der Waals surface area contributed by atoms with Crippen molar-refractivity contribution in [1.29, 1.82) is 0 Å². The molecular weight excluding hydrogens is 562 g/mol. The number of hydrogen-bond donors (Lipinski definition) is 2. The Labute approximate surface area is 276 Å². The smallest absolute Gasteiger partial charge is 0.322 e. The Morgan fingerprint density at radius 3 is 1.69 bits per heavy atom. The third-order valence-corrected chi connectivity index (χ3v) is 8.02. The van der Waals surface area contributed by atoms with Gasteiger partial charge in [0.2, 0.25) is 5.91 Å². The van der Waals surface area contributed by atoms with Gasteiger partial charge in [-0.15, -0.1) is 0 Å². The van der Waals surface area contributed by atoms with E-state index in [-0.39, 0.29) is 24.5 Å². The fourth-order valence-corrected chi connectivity index (χ4v) is 5.22. The maximum atomic E-state index is 12.6. The first-order valence-electron chi connectivity index (χ1n) is 18.6. The third kappa shape index (κ3) is 34.3. The highest BCUT2D eigenvalue weighted by atomic mass is 16.5. The molecule has 0 bridgehead atoms. The van der Waals surface area contributed by atoms with Gasteiger partial charge in [-0.3, -0.25) is 14.4 Å². The van der Waals surface area contributed by atoms with Crippen molar-refractivity contribution in [2.24, 2.45) is 0 Å². The molecule has 45 heavy (non-hydrogen) atoms. The van der Waals surface area contributed by atoms with Gasteiger partial charge >= 0.3 is 11.9 Å². The molecule has 0 fully saturated rings. The predicted octanol–water partition coefficient (Wildman–Crippen LogP) is 10.9. The molecule has 0 aliphatic carbocycles. The largest absolute Gasteiger partial charge is 0.480 e. The molecule has 0 aromatic carbocycles. The Hall–Kier alpha value is -2.37. The monoisotopic (exact) mass is 632 g/mol. The molecule has 0 spiro atoms. The molecule has 0 aliphatic rings. The maximum absolute atomic E-state index is 12.6. The third-order valence-electron chi connectivity index (χ3n) is 8.02. The van der Waals surface area contributed by atoms with Crippen LogP contribution in [0.5, 0.6) is 0 Å². The van der Waals surface area contributed by atoms with E-state index >= 15 is 0 Å². The van der Waals surface area contributed by atoms with E-state index in [0.717, 1.165) is 70.6 Å². The molecule has 260 valence electrons. The lowest BCUT2D eigenvalue weighted by Gasteiger charge is -2.15. The molecule has 1 atom stereocenters. The molecule has 1 amide bonds. The van der Waals surface area contributed by atoms with Gasteiger partial charge in [-0.1, -0.05) is 128 Å². The van der Waals surface area contributed by atoms with E-state index in [1.54, 1.807) is 0 Å².